The Hall–Kier alpha value is -1.81. The lowest BCUT2D eigenvalue weighted by molar-refractivity contribution is 0.158. The van der Waals surface area contributed by atoms with Crippen LogP contribution in [0.15, 0.2) is 30.3 Å². The van der Waals surface area contributed by atoms with Crippen molar-refractivity contribution in [2.75, 3.05) is 7.11 Å². The van der Waals surface area contributed by atoms with Gasteiger partial charge in [0.15, 0.2) is 0 Å². The number of rotatable bonds is 5. The van der Waals surface area contributed by atoms with Crippen LogP contribution in [0.2, 0.25) is 0 Å². The molecular formula is C15H20N2O2. The van der Waals surface area contributed by atoms with Crippen molar-refractivity contribution in [1.82, 2.24) is 9.78 Å². The smallest absolute Gasteiger partial charge is 0.118 e. The van der Waals surface area contributed by atoms with E-state index in [0.717, 1.165) is 23.6 Å². The van der Waals surface area contributed by atoms with E-state index in [4.69, 9.17) is 4.74 Å². The van der Waals surface area contributed by atoms with E-state index < -0.39 is 6.10 Å². The molecule has 1 heterocycles. The third-order valence-electron chi connectivity index (χ3n) is 3.25. The molecule has 102 valence electrons. The molecule has 1 aromatic heterocycles. The topological polar surface area (TPSA) is 47.3 Å². The fourth-order valence-electron chi connectivity index (χ4n) is 2.19. The van der Waals surface area contributed by atoms with Crippen LogP contribution >= 0.6 is 0 Å². The summed E-state index contributed by atoms with van der Waals surface area (Å²) >= 11 is 0. The first-order valence-electron chi connectivity index (χ1n) is 6.41. The van der Waals surface area contributed by atoms with Gasteiger partial charge >= 0.3 is 0 Å². The van der Waals surface area contributed by atoms with Crippen molar-refractivity contribution in [3.05, 3.63) is 47.3 Å². The van der Waals surface area contributed by atoms with E-state index in [-0.39, 0.29) is 0 Å². The number of aliphatic hydroxyl groups excluding tert-OH is 1. The zero-order chi connectivity index (χ0) is 13.8. The molecule has 0 saturated carbocycles. The Morgan fingerprint density at radius 1 is 1.32 bits per heavy atom. The summed E-state index contributed by atoms with van der Waals surface area (Å²) in [5, 5.41) is 14.4. The van der Waals surface area contributed by atoms with Crippen LogP contribution in [0.25, 0.3) is 0 Å². The number of aromatic nitrogens is 2. The summed E-state index contributed by atoms with van der Waals surface area (Å²) in [6, 6.07) is 9.87. The predicted molar refractivity (Wildman–Crippen MR) is 74.2 cm³/mol. The summed E-state index contributed by atoms with van der Waals surface area (Å²) < 4.78 is 6.87. The second kappa shape index (κ2) is 5.89. The molecule has 1 unspecified atom stereocenters. The minimum Gasteiger partial charge on any atom is -0.497 e. The molecule has 2 aromatic rings. The molecule has 4 nitrogen and oxygen atoms in total. The number of aliphatic hydroxyl groups is 1. The van der Waals surface area contributed by atoms with E-state index in [1.54, 1.807) is 11.8 Å². The van der Waals surface area contributed by atoms with Crippen LogP contribution in [-0.2, 0) is 13.5 Å². The molecule has 0 aliphatic heterocycles. The molecule has 0 radical (unpaired) electrons. The molecule has 1 N–H and O–H groups in total. The van der Waals surface area contributed by atoms with Gasteiger partial charge in [-0.05, 0) is 43.5 Å². The fraction of sp³-hybridized carbons (Fsp3) is 0.400. The lowest BCUT2D eigenvalue weighted by Gasteiger charge is -2.11. The van der Waals surface area contributed by atoms with Gasteiger partial charge in [0.1, 0.15) is 5.75 Å². The van der Waals surface area contributed by atoms with Gasteiger partial charge in [-0.2, -0.15) is 5.10 Å². The zero-order valence-corrected chi connectivity index (χ0v) is 11.6. The van der Waals surface area contributed by atoms with E-state index >= 15 is 0 Å². The summed E-state index contributed by atoms with van der Waals surface area (Å²) in [4.78, 5) is 0. The minimum absolute atomic E-state index is 0.478. The molecule has 0 saturated heterocycles. The molecule has 0 fully saturated rings. The summed E-state index contributed by atoms with van der Waals surface area (Å²) in [7, 11) is 3.52. The molecule has 0 aliphatic rings. The Morgan fingerprint density at radius 3 is 2.53 bits per heavy atom. The van der Waals surface area contributed by atoms with E-state index in [1.807, 2.05) is 44.3 Å². The second-order valence-electron chi connectivity index (χ2n) is 4.74. The summed E-state index contributed by atoms with van der Waals surface area (Å²) in [6.07, 6.45) is 1.04. The Labute approximate surface area is 113 Å². The molecule has 1 aromatic carbocycles. The third-order valence-corrected chi connectivity index (χ3v) is 3.25. The van der Waals surface area contributed by atoms with E-state index in [0.29, 0.717) is 6.42 Å². The van der Waals surface area contributed by atoms with Crippen molar-refractivity contribution in [3.63, 3.8) is 0 Å². The first kappa shape index (κ1) is 13.6. The van der Waals surface area contributed by atoms with Crippen LogP contribution in [-0.4, -0.2) is 22.0 Å². The quantitative estimate of drug-likeness (QED) is 0.898. The monoisotopic (exact) mass is 260 g/mol. The van der Waals surface area contributed by atoms with Crippen LogP contribution in [0.1, 0.15) is 29.5 Å². The number of ether oxygens (including phenoxy) is 1. The molecular weight excluding hydrogens is 240 g/mol. The summed E-state index contributed by atoms with van der Waals surface area (Å²) in [5.41, 5.74) is 2.99. The maximum atomic E-state index is 10.2. The summed E-state index contributed by atoms with van der Waals surface area (Å²) in [6.45, 7) is 1.93. The molecule has 19 heavy (non-hydrogen) atoms. The van der Waals surface area contributed by atoms with E-state index in [2.05, 4.69) is 5.10 Å². The second-order valence-corrected chi connectivity index (χ2v) is 4.74. The average Bonchev–Trinajstić information content (AvgIpc) is 2.75. The highest BCUT2D eigenvalue weighted by Crippen LogP contribution is 2.20. The molecule has 0 amide bonds. The molecule has 2 rings (SSSR count). The van der Waals surface area contributed by atoms with Gasteiger partial charge in [0.2, 0.25) is 0 Å². The van der Waals surface area contributed by atoms with Crippen molar-refractivity contribution >= 4 is 0 Å². The van der Waals surface area contributed by atoms with Crippen LogP contribution < -0.4 is 4.74 Å². The molecule has 0 bridgehead atoms. The zero-order valence-electron chi connectivity index (χ0n) is 11.6. The Morgan fingerprint density at radius 2 is 2.00 bits per heavy atom. The third kappa shape index (κ3) is 3.35. The van der Waals surface area contributed by atoms with Crippen molar-refractivity contribution in [1.29, 1.82) is 0 Å². The van der Waals surface area contributed by atoms with E-state index in [9.17, 15) is 5.11 Å². The predicted octanol–water partition coefficient (Wildman–Crippen LogP) is 2.40. The lowest BCUT2D eigenvalue weighted by Crippen LogP contribution is -2.06. The number of nitrogens with zero attached hydrogens (tertiary/aromatic N) is 2. The maximum absolute atomic E-state index is 10.2. The van der Waals surface area contributed by atoms with Gasteiger partial charge in [-0.15, -0.1) is 0 Å². The van der Waals surface area contributed by atoms with Crippen molar-refractivity contribution in [2.45, 2.75) is 25.9 Å². The summed E-state index contributed by atoms with van der Waals surface area (Å²) in [5.74, 6) is 0.853. The Bertz CT molecular complexity index is 532. The van der Waals surface area contributed by atoms with Gasteiger partial charge in [0.25, 0.3) is 0 Å². The maximum Gasteiger partial charge on any atom is 0.118 e. The van der Waals surface area contributed by atoms with E-state index in [1.165, 1.54) is 5.56 Å². The van der Waals surface area contributed by atoms with Gasteiger partial charge < -0.3 is 9.84 Å². The largest absolute Gasteiger partial charge is 0.497 e. The SMILES string of the molecule is COc1ccc(CCC(O)c2cc(C)nn2C)cc1. The van der Waals surface area contributed by atoms with Crippen LogP contribution in [0.4, 0.5) is 0 Å². The van der Waals surface area contributed by atoms with Gasteiger partial charge in [-0.25, -0.2) is 0 Å². The molecule has 1 atom stereocenters. The number of hydrogen-bond donors (Lipinski definition) is 1. The van der Waals surface area contributed by atoms with Crippen LogP contribution in [0.3, 0.4) is 0 Å². The Balaban J connectivity index is 1.96. The molecule has 0 spiro atoms. The Kier molecular flexibility index (Phi) is 4.22. The highest BCUT2D eigenvalue weighted by molar-refractivity contribution is 5.27. The number of methoxy groups -OCH3 is 1. The first-order chi connectivity index (χ1) is 9.10. The fourth-order valence-corrected chi connectivity index (χ4v) is 2.19. The van der Waals surface area contributed by atoms with Crippen molar-refractivity contribution in [2.24, 2.45) is 7.05 Å². The van der Waals surface area contributed by atoms with Crippen molar-refractivity contribution < 1.29 is 9.84 Å². The van der Waals surface area contributed by atoms with Gasteiger partial charge in [-0.3, -0.25) is 4.68 Å². The lowest BCUT2D eigenvalue weighted by atomic mass is 10.0. The normalized spacial score (nSPS) is 12.4. The van der Waals surface area contributed by atoms with Crippen molar-refractivity contribution in [3.8, 4) is 5.75 Å². The highest BCUT2D eigenvalue weighted by Gasteiger charge is 2.12. The van der Waals surface area contributed by atoms with Crippen LogP contribution in [0, 0.1) is 6.92 Å². The highest BCUT2D eigenvalue weighted by atomic mass is 16.5. The number of aryl methyl sites for hydroxylation is 3. The minimum atomic E-state index is -0.478. The van der Waals surface area contributed by atoms with Gasteiger partial charge in [0.05, 0.1) is 24.6 Å². The van der Waals surface area contributed by atoms with Gasteiger partial charge in [-0.1, -0.05) is 12.1 Å². The average molecular weight is 260 g/mol. The van der Waals surface area contributed by atoms with Crippen LogP contribution in [0.5, 0.6) is 5.75 Å². The first-order valence-corrected chi connectivity index (χ1v) is 6.41. The molecule has 0 aliphatic carbocycles. The number of hydrogen-bond acceptors (Lipinski definition) is 3. The van der Waals surface area contributed by atoms with Gasteiger partial charge in [0, 0.05) is 7.05 Å². The number of benzene rings is 1. The molecule has 4 heteroatoms. The standard InChI is InChI=1S/C15H20N2O2/c1-11-10-14(17(2)16-11)15(18)9-6-12-4-7-13(19-3)8-5-12/h4-5,7-8,10,15,18H,6,9H2,1-3H3.